The molecule has 5 heteroatoms. The zero-order valence-corrected chi connectivity index (χ0v) is 14.6. The number of hydrogen-bond donors (Lipinski definition) is 2. The van der Waals surface area contributed by atoms with Gasteiger partial charge in [0.25, 0.3) is 0 Å². The molecule has 2 rings (SSSR count). The van der Waals surface area contributed by atoms with Crippen molar-refractivity contribution >= 4 is 5.97 Å². The Labute approximate surface area is 146 Å². The van der Waals surface area contributed by atoms with Gasteiger partial charge < -0.3 is 15.6 Å². The summed E-state index contributed by atoms with van der Waals surface area (Å²) in [5.41, 5.74) is 8.60. The Morgan fingerprint density at radius 1 is 1.32 bits per heavy atom. The van der Waals surface area contributed by atoms with Crippen LogP contribution in [0.5, 0.6) is 5.75 Å². The number of carbonyl (C=O) groups is 1. The zero-order chi connectivity index (χ0) is 18.7. The van der Waals surface area contributed by atoms with Gasteiger partial charge >= 0.3 is 5.97 Å². The predicted octanol–water partition coefficient (Wildman–Crippen LogP) is 3.93. The van der Waals surface area contributed by atoms with Gasteiger partial charge in [-0.15, -0.1) is 0 Å². The number of nitrogens with two attached hydrogens (primary N) is 1. The summed E-state index contributed by atoms with van der Waals surface area (Å²) >= 11 is 0. The molecule has 0 aliphatic rings. The van der Waals surface area contributed by atoms with Crippen molar-refractivity contribution in [3.8, 4) is 16.9 Å². The highest BCUT2D eigenvalue weighted by molar-refractivity contribution is 5.89. The quantitative estimate of drug-likeness (QED) is 0.637. The number of rotatable bonds is 5. The molecule has 2 aromatic carbocycles. The molecular weight excluding hydrogens is 321 g/mol. The van der Waals surface area contributed by atoms with E-state index in [1.165, 1.54) is 0 Å². The SMILES string of the molecule is C=C(C(=O)OCC)[C@H](N)c1cc(-c2c(C)cccc2O)cc(C)c1F. The van der Waals surface area contributed by atoms with Crippen LogP contribution in [-0.4, -0.2) is 17.7 Å². The Bertz CT molecular complexity index is 810. The number of ether oxygens (including phenoxy) is 1. The Hall–Kier alpha value is -2.66. The van der Waals surface area contributed by atoms with Crippen LogP contribution in [0.4, 0.5) is 4.39 Å². The third-order valence-corrected chi connectivity index (χ3v) is 4.07. The fourth-order valence-corrected chi connectivity index (χ4v) is 2.73. The van der Waals surface area contributed by atoms with Crippen molar-refractivity contribution in [3.63, 3.8) is 0 Å². The predicted molar refractivity (Wildman–Crippen MR) is 95.7 cm³/mol. The van der Waals surface area contributed by atoms with E-state index >= 15 is 0 Å². The van der Waals surface area contributed by atoms with E-state index in [0.717, 1.165) is 5.56 Å². The van der Waals surface area contributed by atoms with E-state index < -0.39 is 17.8 Å². The summed E-state index contributed by atoms with van der Waals surface area (Å²) in [5, 5.41) is 10.2. The molecule has 4 nitrogen and oxygen atoms in total. The van der Waals surface area contributed by atoms with Gasteiger partial charge in [-0.05, 0) is 55.7 Å². The molecule has 0 aliphatic heterocycles. The third-order valence-electron chi connectivity index (χ3n) is 4.07. The molecule has 1 atom stereocenters. The summed E-state index contributed by atoms with van der Waals surface area (Å²) in [6, 6.07) is 7.30. The number of phenolic OH excluding ortho intramolecular Hbond substituents is 1. The van der Waals surface area contributed by atoms with Gasteiger partial charge in [-0.3, -0.25) is 0 Å². The first-order valence-corrected chi connectivity index (χ1v) is 7.98. The summed E-state index contributed by atoms with van der Waals surface area (Å²) in [5.74, 6) is -1.07. The van der Waals surface area contributed by atoms with E-state index in [-0.39, 0.29) is 23.5 Å². The average molecular weight is 343 g/mol. The standard InChI is InChI=1S/C20H22FNO3/c1-5-25-20(24)13(4)19(22)15-10-14(9-12(3)18(15)21)17-11(2)7-6-8-16(17)23/h6-10,19,23H,4-5,22H2,1-3H3/t19-/m0/s1. The maximum atomic E-state index is 14.6. The monoisotopic (exact) mass is 343 g/mol. The van der Waals surface area contributed by atoms with Crippen molar-refractivity contribution in [1.29, 1.82) is 0 Å². The van der Waals surface area contributed by atoms with Gasteiger partial charge in [-0.1, -0.05) is 18.7 Å². The number of halogens is 1. The van der Waals surface area contributed by atoms with Crippen LogP contribution in [0.3, 0.4) is 0 Å². The highest BCUT2D eigenvalue weighted by Crippen LogP contribution is 2.36. The molecule has 0 radical (unpaired) electrons. The second kappa shape index (κ2) is 7.49. The van der Waals surface area contributed by atoms with Crippen LogP contribution in [0.15, 0.2) is 42.5 Å². The van der Waals surface area contributed by atoms with Gasteiger partial charge in [-0.2, -0.15) is 0 Å². The summed E-state index contributed by atoms with van der Waals surface area (Å²) in [7, 11) is 0. The maximum Gasteiger partial charge on any atom is 0.335 e. The number of carbonyl (C=O) groups excluding carboxylic acids is 1. The van der Waals surface area contributed by atoms with Gasteiger partial charge in [0.15, 0.2) is 0 Å². The molecular formula is C20H22FNO3. The molecule has 0 amide bonds. The van der Waals surface area contributed by atoms with Crippen LogP contribution in [0.1, 0.15) is 29.7 Å². The largest absolute Gasteiger partial charge is 0.507 e. The van der Waals surface area contributed by atoms with Gasteiger partial charge in [0.05, 0.1) is 18.2 Å². The molecule has 0 bridgehead atoms. The van der Waals surface area contributed by atoms with Crippen LogP contribution in [0.25, 0.3) is 11.1 Å². The normalized spacial score (nSPS) is 11.9. The van der Waals surface area contributed by atoms with Gasteiger partial charge in [0.2, 0.25) is 0 Å². The number of aryl methyl sites for hydroxylation is 2. The Morgan fingerprint density at radius 2 is 2.00 bits per heavy atom. The molecule has 2 aromatic rings. The lowest BCUT2D eigenvalue weighted by Crippen LogP contribution is -2.22. The van der Waals surface area contributed by atoms with Crippen molar-refractivity contribution in [2.45, 2.75) is 26.8 Å². The first-order valence-electron chi connectivity index (χ1n) is 7.98. The number of phenols is 1. The first-order chi connectivity index (χ1) is 11.8. The van der Waals surface area contributed by atoms with Crippen molar-refractivity contribution in [2.24, 2.45) is 5.73 Å². The van der Waals surface area contributed by atoms with Crippen LogP contribution < -0.4 is 5.73 Å². The maximum absolute atomic E-state index is 14.6. The molecule has 0 heterocycles. The van der Waals surface area contributed by atoms with Gasteiger partial charge in [-0.25, -0.2) is 9.18 Å². The van der Waals surface area contributed by atoms with Crippen LogP contribution in [0, 0.1) is 19.7 Å². The van der Waals surface area contributed by atoms with Crippen molar-refractivity contribution in [2.75, 3.05) is 6.61 Å². The van der Waals surface area contributed by atoms with E-state index in [2.05, 4.69) is 6.58 Å². The van der Waals surface area contributed by atoms with Gasteiger partial charge in [0, 0.05) is 11.1 Å². The lowest BCUT2D eigenvalue weighted by molar-refractivity contribution is -0.138. The molecule has 0 aliphatic carbocycles. The number of hydrogen-bond acceptors (Lipinski definition) is 4. The zero-order valence-electron chi connectivity index (χ0n) is 14.6. The van der Waals surface area contributed by atoms with E-state index in [1.54, 1.807) is 38.1 Å². The molecule has 0 unspecified atom stereocenters. The molecule has 0 saturated heterocycles. The fourth-order valence-electron chi connectivity index (χ4n) is 2.73. The van der Waals surface area contributed by atoms with Crippen LogP contribution >= 0.6 is 0 Å². The second-order valence-electron chi connectivity index (χ2n) is 5.89. The Kier molecular flexibility index (Phi) is 5.59. The molecule has 0 fully saturated rings. The fraction of sp³-hybridized carbons (Fsp3) is 0.250. The minimum Gasteiger partial charge on any atom is -0.507 e. The van der Waals surface area contributed by atoms with E-state index in [1.807, 2.05) is 13.0 Å². The molecule has 132 valence electrons. The molecule has 0 aromatic heterocycles. The minimum atomic E-state index is -1.04. The topological polar surface area (TPSA) is 72.5 Å². The van der Waals surface area contributed by atoms with Crippen LogP contribution in [0.2, 0.25) is 0 Å². The van der Waals surface area contributed by atoms with Crippen molar-refractivity contribution in [1.82, 2.24) is 0 Å². The van der Waals surface area contributed by atoms with Crippen molar-refractivity contribution < 1.29 is 19.0 Å². The number of benzene rings is 2. The minimum absolute atomic E-state index is 0.0219. The van der Waals surface area contributed by atoms with Crippen LogP contribution in [-0.2, 0) is 9.53 Å². The van der Waals surface area contributed by atoms with E-state index in [9.17, 15) is 14.3 Å². The van der Waals surface area contributed by atoms with E-state index in [0.29, 0.717) is 16.7 Å². The van der Waals surface area contributed by atoms with Crippen molar-refractivity contribution in [3.05, 3.63) is 65.0 Å². The number of aromatic hydroxyl groups is 1. The number of esters is 1. The van der Waals surface area contributed by atoms with E-state index in [4.69, 9.17) is 10.5 Å². The highest BCUT2D eigenvalue weighted by Gasteiger charge is 2.23. The summed E-state index contributed by atoms with van der Waals surface area (Å²) in [4.78, 5) is 11.9. The van der Waals surface area contributed by atoms with Gasteiger partial charge in [0.1, 0.15) is 11.6 Å². The Morgan fingerprint density at radius 3 is 2.60 bits per heavy atom. The Balaban J connectivity index is 2.55. The summed E-state index contributed by atoms with van der Waals surface area (Å²) in [6.07, 6.45) is 0. The summed E-state index contributed by atoms with van der Waals surface area (Å²) < 4.78 is 19.5. The molecule has 3 N–H and O–H groups in total. The average Bonchev–Trinajstić information content (AvgIpc) is 2.56. The molecule has 0 saturated carbocycles. The smallest absolute Gasteiger partial charge is 0.335 e. The summed E-state index contributed by atoms with van der Waals surface area (Å²) in [6.45, 7) is 8.96. The first kappa shape index (κ1) is 18.7. The highest BCUT2D eigenvalue weighted by atomic mass is 19.1. The lowest BCUT2D eigenvalue weighted by Gasteiger charge is -2.18. The lowest BCUT2D eigenvalue weighted by atomic mass is 9.91. The second-order valence-corrected chi connectivity index (χ2v) is 5.89. The molecule has 0 spiro atoms. The molecule has 25 heavy (non-hydrogen) atoms. The third kappa shape index (κ3) is 3.72.